The lowest BCUT2D eigenvalue weighted by molar-refractivity contribution is -0.140. The topological polar surface area (TPSA) is 37.3 Å². The first-order chi connectivity index (χ1) is 8.20. The number of rotatable bonds is 3. The molecule has 0 aromatic heterocycles. The van der Waals surface area contributed by atoms with Crippen LogP contribution in [0.3, 0.4) is 0 Å². The number of carboxylic acids is 1. The molecule has 1 unspecified atom stereocenters. The number of carbonyl (C=O) groups is 1. The maximum Gasteiger partial charge on any atom is 0.311 e. The molecule has 1 aliphatic rings. The largest absolute Gasteiger partial charge is 0.481 e. The van der Waals surface area contributed by atoms with Crippen LogP contribution in [0.5, 0.6) is 0 Å². The molecule has 0 amide bonds. The van der Waals surface area contributed by atoms with Gasteiger partial charge in [0, 0.05) is 5.02 Å². The van der Waals surface area contributed by atoms with Gasteiger partial charge in [-0.1, -0.05) is 49.1 Å². The summed E-state index contributed by atoms with van der Waals surface area (Å²) in [4.78, 5) is 11.5. The van der Waals surface area contributed by atoms with E-state index in [0.29, 0.717) is 5.02 Å². The van der Waals surface area contributed by atoms with Crippen molar-refractivity contribution >= 4 is 17.6 Å². The SMILES string of the molecule is O=C(O)C(c1ccccc1Cl)C1CCCCC1. The predicted octanol–water partition coefficient (Wildman–Crippen LogP) is 4.09. The van der Waals surface area contributed by atoms with Crippen LogP contribution in [0.15, 0.2) is 24.3 Å². The molecule has 0 bridgehead atoms. The molecule has 0 radical (unpaired) electrons. The van der Waals surface area contributed by atoms with E-state index in [2.05, 4.69) is 0 Å². The van der Waals surface area contributed by atoms with Crippen molar-refractivity contribution in [3.63, 3.8) is 0 Å². The Morgan fingerprint density at radius 3 is 2.47 bits per heavy atom. The Morgan fingerprint density at radius 2 is 1.88 bits per heavy atom. The highest BCUT2D eigenvalue weighted by atomic mass is 35.5. The van der Waals surface area contributed by atoms with E-state index >= 15 is 0 Å². The number of hydrogen-bond donors (Lipinski definition) is 1. The van der Waals surface area contributed by atoms with Crippen LogP contribution in [-0.4, -0.2) is 11.1 Å². The van der Waals surface area contributed by atoms with Crippen molar-refractivity contribution in [2.75, 3.05) is 0 Å². The van der Waals surface area contributed by atoms with Gasteiger partial charge in [-0.3, -0.25) is 4.79 Å². The third-order valence-corrected chi connectivity index (χ3v) is 3.97. The lowest BCUT2D eigenvalue weighted by atomic mass is 9.77. The van der Waals surface area contributed by atoms with Gasteiger partial charge in [0.2, 0.25) is 0 Å². The molecule has 0 aliphatic heterocycles. The minimum absolute atomic E-state index is 0.237. The summed E-state index contributed by atoms with van der Waals surface area (Å²) < 4.78 is 0. The second-order valence-electron chi connectivity index (χ2n) is 4.74. The molecule has 0 saturated heterocycles. The first kappa shape index (κ1) is 12.4. The van der Waals surface area contributed by atoms with Gasteiger partial charge >= 0.3 is 5.97 Å². The highest BCUT2D eigenvalue weighted by Gasteiger charge is 2.31. The smallest absolute Gasteiger partial charge is 0.311 e. The van der Waals surface area contributed by atoms with E-state index in [0.717, 1.165) is 31.2 Å². The molecule has 1 aromatic rings. The average molecular weight is 253 g/mol. The van der Waals surface area contributed by atoms with Crippen LogP contribution < -0.4 is 0 Å². The van der Waals surface area contributed by atoms with Crippen molar-refractivity contribution < 1.29 is 9.90 Å². The summed E-state index contributed by atoms with van der Waals surface area (Å²) in [5, 5.41) is 10.0. The maximum absolute atomic E-state index is 11.5. The molecule has 0 heterocycles. The fraction of sp³-hybridized carbons (Fsp3) is 0.500. The van der Waals surface area contributed by atoms with E-state index in [1.54, 1.807) is 6.07 Å². The van der Waals surface area contributed by atoms with Crippen LogP contribution in [0.2, 0.25) is 5.02 Å². The summed E-state index contributed by atoms with van der Waals surface area (Å²) >= 11 is 6.12. The summed E-state index contributed by atoms with van der Waals surface area (Å²) in [6, 6.07) is 7.32. The first-order valence-electron chi connectivity index (χ1n) is 6.17. The maximum atomic E-state index is 11.5. The van der Waals surface area contributed by atoms with Crippen LogP contribution in [0.1, 0.15) is 43.6 Å². The molecule has 1 N–H and O–H groups in total. The normalized spacial score (nSPS) is 18.9. The Morgan fingerprint density at radius 1 is 1.24 bits per heavy atom. The van der Waals surface area contributed by atoms with Crippen molar-refractivity contribution in [2.24, 2.45) is 5.92 Å². The Labute approximate surface area is 107 Å². The zero-order valence-electron chi connectivity index (χ0n) is 9.73. The van der Waals surface area contributed by atoms with E-state index in [-0.39, 0.29) is 5.92 Å². The molecular formula is C14H17ClO2. The second kappa shape index (κ2) is 5.54. The van der Waals surface area contributed by atoms with Gasteiger partial charge in [-0.25, -0.2) is 0 Å². The molecule has 1 atom stereocenters. The Hall–Kier alpha value is -1.02. The molecule has 1 saturated carbocycles. The third-order valence-electron chi connectivity index (χ3n) is 3.63. The van der Waals surface area contributed by atoms with Crippen molar-refractivity contribution in [1.82, 2.24) is 0 Å². The Balaban J connectivity index is 2.28. The quantitative estimate of drug-likeness (QED) is 0.880. The van der Waals surface area contributed by atoms with E-state index in [1.165, 1.54) is 6.42 Å². The Bertz CT molecular complexity index is 397. The number of halogens is 1. The van der Waals surface area contributed by atoms with E-state index < -0.39 is 11.9 Å². The summed E-state index contributed by atoms with van der Waals surface area (Å²) in [5.74, 6) is -0.949. The van der Waals surface area contributed by atoms with E-state index in [9.17, 15) is 9.90 Å². The van der Waals surface area contributed by atoms with E-state index in [4.69, 9.17) is 11.6 Å². The van der Waals surface area contributed by atoms with Crippen LogP contribution in [0, 0.1) is 5.92 Å². The average Bonchev–Trinajstić information content (AvgIpc) is 2.33. The molecule has 3 heteroatoms. The highest BCUT2D eigenvalue weighted by molar-refractivity contribution is 6.31. The predicted molar refractivity (Wildman–Crippen MR) is 68.4 cm³/mol. The van der Waals surface area contributed by atoms with Gasteiger partial charge in [0.05, 0.1) is 5.92 Å². The Kier molecular flexibility index (Phi) is 4.06. The minimum atomic E-state index is -0.745. The summed E-state index contributed by atoms with van der Waals surface area (Å²) in [6.45, 7) is 0. The van der Waals surface area contributed by atoms with Crippen LogP contribution in [0.4, 0.5) is 0 Å². The van der Waals surface area contributed by atoms with Gasteiger partial charge in [0.15, 0.2) is 0 Å². The monoisotopic (exact) mass is 252 g/mol. The van der Waals surface area contributed by atoms with Crippen LogP contribution in [-0.2, 0) is 4.79 Å². The van der Waals surface area contributed by atoms with Gasteiger partial charge < -0.3 is 5.11 Å². The number of carboxylic acid groups (broad SMARTS) is 1. The van der Waals surface area contributed by atoms with Gasteiger partial charge in [-0.15, -0.1) is 0 Å². The highest BCUT2D eigenvalue weighted by Crippen LogP contribution is 2.38. The zero-order chi connectivity index (χ0) is 12.3. The zero-order valence-corrected chi connectivity index (χ0v) is 10.5. The molecule has 0 spiro atoms. The second-order valence-corrected chi connectivity index (χ2v) is 5.14. The summed E-state index contributed by atoms with van der Waals surface area (Å²) in [7, 11) is 0. The number of aliphatic carboxylic acids is 1. The molecule has 2 nitrogen and oxygen atoms in total. The van der Waals surface area contributed by atoms with Crippen molar-refractivity contribution in [3.05, 3.63) is 34.9 Å². The molecule has 1 aromatic carbocycles. The van der Waals surface area contributed by atoms with Crippen molar-refractivity contribution in [3.8, 4) is 0 Å². The van der Waals surface area contributed by atoms with Gasteiger partial charge in [-0.2, -0.15) is 0 Å². The summed E-state index contributed by atoms with van der Waals surface area (Å²) in [6.07, 6.45) is 5.51. The van der Waals surface area contributed by atoms with Crippen molar-refractivity contribution in [1.29, 1.82) is 0 Å². The van der Waals surface area contributed by atoms with Crippen LogP contribution in [0.25, 0.3) is 0 Å². The lowest BCUT2D eigenvalue weighted by Gasteiger charge is -2.28. The molecular weight excluding hydrogens is 236 g/mol. The minimum Gasteiger partial charge on any atom is -0.481 e. The fourth-order valence-corrected chi connectivity index (χ4v) is 3.04. The fourth-order valence-electron chi connectivity index (χ4n) is 2.78. The molecule has 1 aliphatic carbocycles. The summed E-state index contributed by atoms with van der Waals surface area (Å²) in [5.41, 5.74) is 0.772. The molecule has 2 rings (SSSR count). The van der Waals surface area contributed by atoms with E-state index in [1.807, 2.05) is 18.2 Å². The van der Waals surface area contributed by atoms with Gasteiger partial charge in [-0.05, 0) is 30.4 Å². The molecule has 1 fully saturated rings. The van der Waals surface area contributed by atoms with Gasteiger partial charge in [0.25, 0.3) is 0 Å². The van der Waals surface area contributed by atoms with Gasteiger partial charge in [0.1, 0.15) is 0 Å². The third kappa shape index (κ3) is 2.81. The molecule has 17 heavy (non-hydrogen) atoms. The number of hydrogen-bond acceptors (Lipinski definition) is 1. The van der Waals surface area contributed by atoms with Crippen LogP contribution >= 0.6 is 11.6 Å². The molecule has 92 valence electrons. The lowest BCUT2D eigenvalue weighted by Crippen LogP contribution is -2.23. The van der Waals surface area contributed by atoms with Crippen molar-refractivity contribution in [2.45, 2.75) is 38.0 Å². The first-order valence-corrected chi connectivity index (χ1v) is 6.55. The standard InChI is InChI=1S/C14H17ClO2/c15-12-9-5-4-8-11(12)13(14(16)17)10-6-2-1-3-7-10/h4-5,8-10,13H,1-3,6-7H2,(H,16,17). The number of benzene rings is 1.